The molecule has 6 N–H and O–H groups in total. The molecule has 0 aliphatic rings. The van der Waals surface area contributed by atoms with Gasteiger partial charge in [-0.05, 0) is 0 Å². The van der Waals surface area contributed by atoms with Crippen LogP contribution < -0.4 is 21.8 Å². The molecule has 4 rings (SSSR count). The Kier molecular flexibility index (Phi) is 8.50. The molecule has 0 unspecified atom stereocenters. The normalized spacial score (nSPS) is 11.1. The monoisotopic (exact) mass is 498 g/mol. The van der Waals surface area contributed by atoms with Crippen molar-refractivity contribution in [3.8, 4) is 0 Å². The molecule has 0 aromatic carbocycles. The molecule has 4 aromatic heterocycles. The maximum absolute atomic E-state index is 12.3. The van der Waals surface area contributed by atoms with E-state index in [2.05, 4.69) is 40.5 Å². The molecule has 184 valence electrons. The summed E-state index contributed by atoms with van der Waals surface area (Å²) in [5, 5.41) is 23.4. The first-order valence-corrected chi connectivity index (χ1v) is 9.86. The Morgan fingerprint density at radius 2 is 1.26 bits per heavy atom. The van der Waals surface area contributed by atoms with Crippen LogP contribution in [0.1, 0.15) is 0 Å². The van der Waals surface area contributed by atoms with Crippen LogP contribution in [0.15, 0.2) is 22.2 Å². The fourth-order valence-electron chi connectivity index (χ4n) is 2.93. The number of imidazole rings is 2. The summed E-state index contributed by atoms with van der Waals surface area (Å²) in [5.41, 5.74) is 0.0209. The van der Waals surface area contributed by atoms with Crippen LogP contribution in [0, 0.1) is 0 Å². The number of aliphatic hydroxyl groups is 2. The lowest BCUT2D eigenvalue weighted by atomic mass is 10.5. The first-order chi connectivity index (χ1) is 16.1. The average molecular weight is 499 g/mol. The lowest BCUT2D eigenvalue weighted by Crippen LogP contribution is -2.21. The molecule has 0 amide bonds. The van der Waals surface area contributed by atoms with Gasteiger partial charge in [-0.3, -0.25) is 28.7 Å². The number of halogens is 1. The van der Waals surface area contributed by atoms with Gasteiger partial charge in [-0.15, -0.1) is 12.4 Å². The molecule has 0 fully saturated rings. The van der Waals surface area contributed by atoms with E-state index >= 15 is 0 Å². The highest BCUT2D eigenvalue weighted by Crippen LogP contribution is 2.10. The van der Waals surface area contributed by atoms with Crippen molar-refractivity contribution in [3.63, 3.8) is 0 Å². The lowest BCUT2D eigenvalue weighted by molar-refractivity contribution is 0.0499. The zero-order chi connectivity index (χ0) is 23.2. The number of hydrogen-bond donors (Lipinski definition) is 6. The quantitative estimate of drug-likeness (QED) is 0.0961. The van der Waals surface area contributed by atoms with Gasteiger partial charge in [0, 0.05) is 0 Å². The van der Waals surface area contributed by atoms with Crippen molar-refractivity contribution in [3.05, 3.63) is 33.4 Å². The second-order valence-corrected chi connectivity index (χ2v) is 6.65. The van der Waals surface area contributed by atoms with Gasteiger partial charge in [-0.25, -0.2) is 9.97 Å². The zero-order valence-corrected chi connectivity index (χ0v) is 18.5. The van der Waals surface area contributed by atoms with Crippen LogP contribution in [0.4, 0.5) is 11.9 Å². The predicted octanol–water partition coefficient (Wildman–Crippen LogP) is -1.61. The molecule has 4 heterocycles. The Bertz CT molecular complexity index is 1250. The zero-order valence-electron chi connectivity index (χ0n) is 17.7. The van der Waals surface area contributed by atoms with Crippen LogP contribution in [0.5, 0.6) is 0 Å². The Labute approximate surface area is 196 Å². The third-order valence-corrected chi connectivity index (χ3v) is 4.39. The number of nitrogens with one attached hydrogen (secondary N) is 4. The predicted molar refractivity (Wildman–Crippen MR) is 122 cm³/mol. The van der Waals surface area contributed by atoms with Crippen molar-refractivity contribution in [2.75, 3.05) is 43.7 Å². The Morgan fingerprint density at radius 3 is 1.68 bits per heavy atom. The minimum Gasteiger partial charge on any atom is -0.394 e. The lowest BCUT2D eigenvalue weighted by Gasteiger charge is -2.09. The summed E-state index contributed by atoms with van der Waals surface area (Å²) < 4.78 is 13.6. The van der Waals surface area contributed by atoms with E-state index < -0.39 is 11.1 Å². The number of rotatable bonds is 12. The minimum atomic E-state index is -0.442. The molecule has 0 saturated heterocycles. The summed E-state index contributed by atoms with van der Waals surface area (Å²) in [6.45, 7) is 0.236. The van der Waals surface area contributed by atoms with Gasteiger partial charge in [0.15, 0.2) is 22.3 Å². The van der Waals surface area contributed by atoms with Crippen LogP contribution in [-0.2, 0) is 22.9 Å². The van der Waals surface area contributed by atoms with Gasteiger partial charge in [0.1, 0.15) is 13.5 Å². The van der Waals surface area contributed by atoms with Gasteiger partial charge in [0.25, 0.3) is 11.1 Å². The van der Waals surface area contributed by atoms with Crippen molar-refractivity contribution in [1.82, 2.24) is 39.0 Å². The minimum absolute atomic E-state index is 0. The smallest absolute Gasteiger partial charge is 0.280 e. The third kappa shape index (κ3) is 5.49. The van der Waals surface area contributed by atoms with Gasteiger partial charge in [0.05, 0.1) is 45.8 Å². The molecular weight excluding hydrogens is 476 g/mol. The van der Waals surface area contributed by atoms with E-state index in [9.17, 15) is 9.59 Å². The molecule has 0 aliphatic carbocycles. The standard InChI is InChI=1S/C17H22N10O6.ClH/c28-1-3-32-8-26-6-20-10-12(26)22-16(24-14(10)30)18-5-19-17-23-13-11(15(31)25-17)21-7-27(13)9-33-4-2-29;/h6-7,28-29H,1-5,8-9H2,(H2,18,22,24,30)(H2,19,23,25,31);1H. The first-order valence-electron chi connectivity index (χ1n) is 9.86. The molecular formula is C17H23ClN10O6. The topological polar surface area (TPSA) is 210 Å². The summed E-state index contributed by atoms with van der Waals surface area (Å²) >= 11 is 0. The second-order valence-electron chi connectivity index (χ2n) is 6.65. The summed E-state index contributed by atoms with van der Waals surface area (Å²) in [4.78, 5) is 46.4. The molecule has 0 saturated carbocycles. The second kappa shape index (κ2) is 11.5. The maximum Gasteiger partial charge on any atom is 0.280 e. The van der Waals surface area contributed by atoms with E-state index in [1.165, 1.54) is 21.8 Å². The van der Waals surface area contributed by atoms with Crippen molar-refractivity contribution in [1.29, 1.82) is 0 Å². The summed E-state index contributed by atoms with van der Waals surface area (Å²) in [7, 11) is 0. The first kappa shape index (κ1) is 25.1. The van der Waals surface area contributed by atoms with E-state index in [4.69, 9.17) is 19.7 Å². The Hall–Kier alpha value is -3.57. The molecule has 0 atom stereocenters. The number of aliphatic hydroxyl groups excluding tert-OH is 2. The largest absolute Gasteiger partial charge is 0.394 e. The number of fused-ring (bicyclic) bond motifs is 2. The van der Waals surface area contributed by atoms with Crippen LogP contribution in [0.3, 0.4) is 0 Å². The number of aromatic amines is 2. The van der Waals surface area contributed by atoms with E-state index in [1.54, 1.807) is 0 Å². The fourth-order valence-corrected chi connectivity index (χ4v) is 2.93. The SMILES string of the molecule is Cl.O=c1[nH]c(NCNc2nc3c(ncn3COCCO)c(=O)[nH]2)nc2c1ncn2COCCO. The highest BCUT2D eigenvalue weighted by molar-refractivity contribution is 5.85. The van der Waals surface area contributed by atoms with Gasteiger partial charge >= 0.3 is 0 Å². The maximum atomic E-state index is 12.3. The summed E-state index contributed by atoms with van der Waals surface area (Å²) in [6.07, 6.45) is 2.84. The van der Waals surface area contributed by atoms with Gasteiger partial charge < -0.3 is 30.3 Å². The molecule has 0 aliphatic heterocycles. The number of nitrogens with zero attached hydrogens (tertiary/aromatic N) is 6. The van der Waals surface area contributed by atoms with E-state index in [0.29, 0.717) is 11.3 Å². The number of anilines is 2. The molecule has 0 bridgehead atoms. The van der Waals surface area contributed by atoms with E-state index in [-0.39, 0.29) is 81.9 Å². The number of aromatic nitrogens is 8. The van der Waals surface area contributed by atoms with Crippen molar-refractivity contribution in [2.24, 2.45) is 0 Å². The molecule has 0 radical (unpaired) electrons. The van der Waals surface area contributed by atoms with Crippen LogP contribution in [0.2, 0.25) is 0 Å². The van der Waals surface area contributed by atoms with Crippen molar-refractivity contribution in [2.45, 2.75) is 13.5 Å². The summed E-state index contributed by atoms with van der Waals surface area (Å²) in [6, 6.07) is 0. The molecule has 0 spiro atoms. The van der Waals surface area contributed by atoms with Crippen LogP contribution in [-0.4, -0.2) is 82.3 Å². The van der Waals surface area contributed by atoms with Crippen LogP contribution in [0.25, 0.3) is 22.3 Å². The van der Waals surface area contributed by atoms with Crippen LogP contribution >= 0.6 is 12.4 Å². The van der Waals surface area contributed by atoms with Crippen molar-refractivity contribution >= 4 is 46.6 Å². The van der Waals surface area contributed by atoms with Gasteiger partial charge in [-0.1, -0.05) is 0 Å². The average Bonchev–Trinajstić information content (AvgIpc) is 3.39. The number of H-pyrrole nitrogens is 2. The highest BCUT2D eigenvalue weighted by Gasteiger charge is 2.12. The third-order valence-electron chi connectivity index (χ3n) is 4.39. The van der Waals surface area contributed by atoms with Crippen molar-refractivity contribution < 1.29 is 19.7 Å². The number of hydrogen-bond acceptors (Lipinski definition) is 12. The van der Waals surface area contributed by atoms with Gasteiger partial charge in [0.2, 0.25) is 11.9 Å². The molecule has 17 heteroatoms. The molecule has 16 nitrogen and oxygen atoms in total. The molecule has 34 heavy (non-hydrogen) atoms. The Morgan fingerprint density at radius 1 is 0.824 bits per heavy atom. The number of ether oxygens (including phenoxy) is 2. The van der Waals surface area contributed by atoms with Gasteiger partial charge in [-0.2, -0.15) is 9.97 Å². The van der Waals surface area contributed by atoms with E-state index in [0.717, 1.165) is 0 Å². The fraction of sp³-hybridized carbons (Fsp3) is 0.412. The molecule has 4 aromatic rings. The highest BCUT2D eigenvalue weighted by atomic mass is 35.5. The summed E-state index contributed by atoms with van der Waals surface area (Å²) in [5.74, 6) is 0.324. The Balaban J connectivity index is 0.00000324. The van der Waals surface area contributed by atoms with E-state index in [1.807, 2.05) is 0 Å².